The van der Waals surface area contributed by atoms with E-state index < -0.39 is 0 Å². The van der Waals surface area contributed by atoms with E-state index in [1.54, 1.807) is 0 Å². The first-order valence-electron chi connectivity index (χ1n) is 5.85. The van der Waals surface area contributed by atoms with Crippen LogP contribution in [-0.2, 0) is 9.53 Å². The van der Waals surface area contributed by atoms with Gasteiger partial charge in [-0.2, -0.15) is 0 Å². The molecule has 0 N–H and O–H groups in total. The predicted molar refractivity (Wildman–Crippen MR) is 68.4 cm³/mol. The van der Waals surface area contributed by atoms with Crippen LogP contribution in [0.1, 0.15) is 31.7 Å². The minimum Gasteiger partial charge on any atom is -0.466 e. The number of rotatable bonds is 5. The molecule has 0 unspecified atom stereocenters. The summed E-state index contributed by atoms with van der Waals surface area (Å²) >= 11 is 0. The zero-order valence-electron chi connectivity index (χ0n) is 10.3. The number of benzene rings is 1. The molecule has 0 aromatic heterocycles. The van der Waals surface area contributed by atoms with Crippen LogP contribution >= 0.6 is 0 Å². The van der Waals surface area contributed by atoms with Crippen molar-refractivity contribution in [2.45, 2.75) is 26.2 Å². The summed E-state index contributed by atoms with van der Waals surface area (Å²) in [7, 11) is 0. The highest BCUT2D eigenvalue weighted by Gasteiger charge is 2.25. The molecule has 0 aliphatic carbocycles. The summed E-state index contributed by atoms with van der Waals surface area (Å²) in [5.74, 6) is 2.27. The maximum atomic E-state index is 11.7. The number of hydrogen-bond donors (Lipinski definition) is 0. The molecule has 2 nitrogen and oxygen atoms in total. The fourth-order valence-electron chi connectivity index (χ4n) is 1.85. The molecule has 1 aromatic carbocycles. The summed E-state index contributed by atoms with van der Waals surface area (Å²) in [4.78, 5) is 11.7. The molecule has 0 fully saturated rings. The van der Waals surface area contributed by atoms with Crippen LogP contribution in [0.4, 0.5) is 0 Å². The Balaban J connectivity index is 2.87. The fraction of sp³-hybridized carbons (Fsp3) is 0.400. The Morgan fingerprint density at radius 3 is 2.59 bits per heavy atom. The lowest BCUT2D eigenvalue weighted by Gasteiger charge is -2.21. The van der Waals surface area contributed by atoms with E-state index in [-0.39, 0.29) is 17.8 Å². The van der Waals surface area contributed by atoms with Crippen molar-refractivity contribution in [3.63, 3.8) is 0 Å². The number of carbonyl (C=O) groups excluding carboxylic acids is 1. The van der Waals surface area contributed by atoms with Gasteiger partial charge in [-0.15, -0.1) is 12.3 Å². The van der Waals surface area contributed by atoms with E-state index in [1.165, 1.54) is 0 Å². The standard InChI is InChI=1S/C15H18O2/c1-4-9-14(12(3)15(16)17-5-2)13-10-7-6-8-11-13/h1,6-8,10-12,14H,5,9H2,2-3H3/t12-,14-/m0/s1. The van der Waals surface area contributed by atoms with E-state index >= 15 is 0 Å². The van der Waals surface area contributed by atoms with E-state index in [9.17, 15) is 4.79 Å². The van der Waals surface area contributed by atoms with Gasteiger partial charge in [0, 0.05) is 12.3 Å². The second-order valence-electron chi connectivity index (χ2n) is 3.97. The highest BCUT2D eigenvalue weighted by molar-refractivity contribution is 5.73. The van der Waals surface area contributed by atoms with Crippen LogP contribution in [0, 0.1) is 18.3 Å². The third-order valence-electron chi connectivity index (χ3n) is 2.83. The number of carbonyl (C=O) groups is 1. The number of esters is 1. The average Bonchev–Trinajstić information content (AvgIpc) is 2.36. The van der Waals surface area contributed by atoms with Crippen LogP contribution in [0.3, 0.4) is 0 Å². The van der Waals surface area contributed by atoms with Crippen molar-refractivity contribution >= 4 is 5.97 Å². The molecule has 0 radical (unpaired) electrons. The highest BCUT2D eigenvalue weighted by Crippen LogP contribution is 2.28. The van der Waals surface area contributed by atoms with Gasteiger partial charge in [-0.25, -0.2) is 0 Å². The number of hydrogen-bond acceptors (Lipinski definition) is 2. The van der Waals surface area contributed by atoms with Crippen LogP contribution in [0.5, 0.6) is 0 Å². The number of ether oxygens (including phenoxy) is 1. The highest BCUT2D eigenvalue weighted by atomic mass is 16.5. The largest absolute Gasteiger partial charge is 0.466 e. The van der Waals surface area contributed by atoms with Crippen LogP contribution in [0.25, 0.3) is 0 Å². The molecule has 17 heavy (non-hydrogen) atoms. The Morgan fingerprint density at radius 1 is 1.41 bits per heavy atom. The molecule has 0 aliphatic heterocycles. The normalized spacial score (nSPS) is 13.5. The first-order chi connectivity index (χ1) is 8.20. The van der Waals surface area contributed by atoms with Crippen LogP contribution in [0.15, 0.2) is 30.3 Å². The van der Waals surface area contributed by atoms with Crippen molar-refractivity contribution in [1.29, 1.82) is 0 Å². The molecule has 0 bridgehead atoms. The van der Waals surface area contributed by atoms with Gasteiger partial charge in [-0.3, -0.25) is 4.79 Å². The maximum Gasteiger partial charge on any atom is 0.309 e. The molecule has 0 heterocycles. The van der Waals surface area contributed by atoms with Gasteiger partial charge in [0.1, 0.15) is 0 Å². The van der Waals surface area contributed by atoms with Gasteiger partial charge in [0.05, 0.1) is 12.5 Å². The Kier molecular flexibility index (Phi) is 5.29. The van der Waals surface area contributed by atoms with Crippen molar-refractivity contribution in [1.82, 2.24) is 0 Å². The molecule has 1 rings (SSSR count). The zero-order chi connectivity index (χ0) is 12.7. The molecule has 1 aromatic rings. The van der Waals surface area contributed by atoms with Gasteiger partial charge in [0.2, 0.25) is 0 Å². The van der Waals surface area contributed by atoms with Crippen molar-refractivity contribution < 1.29 is 9.53 Å². The third kappa shape index (κ3) is 3.64. The molecule has 2 atom stereocenters. The van der Waals surface area contributed by atoms with E-state index in [2.05, 4.69) is 5.92 Å². The first kappa shape index (κ1) is 13.3. The van der Waals surface area contributed by atoms with Gasteiger partial charge in [-0.1, -0.05) is 37.3 Å². The second kappa shape index (κ2) is 6.75. The summed E-state index contributed by atoms with van der Waals surface area (Å²) < 4.78 is 5.04. The smallest absolute Gasteiger partial charge is 0.309 e. The SMILES string of the molecule is C#CC[C@H](c1ccccc1)[C@H](C)C(=O)OCC. The molecule has 0 aliphatic rings. The van der Waals surface area contributed by atoms with E-state index in [1.807, 2.05) is 44.2 Å². The molecule has 0 amide bonds. The van der Waals surface area contributed by atoms with Crippen molar-refractivity contribution in [3.05, 3.63) is 35.9 Å². The minimum atomic E-state index is -0.214. The molecule has 90 valence electrons. The molecular formula is C15H18O2. The fourth-order valence-corrected chi connectivity index (χ4v) is 1.85. The van der Waals surface area contributed by atoms with Crippen LogP contribution in [0.2, 0.25) is 0 Å². The molecular weight excluding hydrogens is 212 g/mol. The van der Waals surface area contributed by atoms with Gasteiger partial charge in [0.25, 0.3) is 0 Å². The minimum absolute atomic E-state index is 0.0280. The summed E-state index contributed by atoms with van der Waals surface area (Å²) in [5.41, 5.74) is 1.09. The Labute approximate surface area is 103 Å². The van der Waals surface area contributed by atoms with E-state index in [4.69, 9.17) is 11.2 Å². The third-order valence-corrected chi connectivity index (χ3v) is 2.83. The van der Waals surface area contributed by atoms with Crippen LogP contribution < -0.4 is 0 Å². The summed E-state index contributed by atoms with van der Waals surface area (Å²) in [6, 6.07) is 9.86. The maximum absolute atomic E-state index is 11.7. The number of terminal acetylenes is 1. The van der Waals surface area contributed by atoms with Gasteiger partial charge >= 0.3 is 5.97 Å². The van der Waals surface area contributed by atoms with Crippen molar-refractivity contribution in [2.24, 2.45) is 5.92 Å². The van der Waals surface area contributed by atoms with Gasteiger partial charge < -0.3 is 4.74 Å². The van der Waals surface area contributed by atoms with Gasteiger partial charge in [0.15, 0.2) is 0 Å². The van der Waals surface area contributed by atoms with Gasteiger partial charge in [-0.05, 0) is 12.5 Å². The zero-order valence-corrected chi connectivity index (χ0v) is 10.3. The summed E-state index contributed by atoms with van der Waals surface area (Å²) in [6.45, 7) is 4.08. The first-order valence-corrected chi connectivity index (χ1v) is 5.85. The lowest BCUT2D eigenvalue weighted by atomic mass is 9.85. The Bertz CT molecular complexity index is 389. The summed E-state index contributed by atoms with van der Waals surface area (Å²) in [5, 5.41) is 0. The van der Waals surface area contributed by atoms with E-state index in [0.717, 1.165) is 5.56 Å². The van der Waals surface area contributed by atoms with Crippen molar-refractivity contribution in [3.8, 4) is 12.3 Å². The van der Waals surface area contributed by atoms with E-state index in [0.29, 0.717) is 13.0 Å². The lowest BCUT2D eigenvalue weighted by molar-refractivity contribution is -0.148. The molecule has 0 saturated heterocycles. The predicted octanol–water partition coefficient (Wildman–Crippen LogP) is 2.99. The monoisotopic (exact) mass is 230 g/mol. The van der Waals surface area contributed by atoms with Crippen LogP contribution in [-0.4, -0.2) is 12.6 Å². The topological polar surface area (TPSA) is 26.3 Å². The summed E-state index contributed by atoms with van der Waals surface area (Å²) in [6.07, 6.45) is 5.92. The molecule has 0 spiro atoms. The lowest BCUT2D eigenvalue weighted by Crippen LogP contribution is -2.21. The molecule has 0 saturated carbocycles. The Hall–Kier alpha value is -1.75. The average molecular weight is 230 g/mol. The quantitative estimate of drug-likeness (QED) is 0.574. The molecule has 2 heteroatoms. The van der Waals surface area contributed by atoms with Crippen molar-refractivity contribution in [2.75, 3.05) is 6.61 Å². The Morgan fingerprint density at radius 2 is 2.06 bits per heavy atom. The second-order valence-corrected chi connectivity index (χ2v) is 3.97.